The number of nitrogens with zero attached hydrogens (tertiary/aromatic N) is 3. The fourth-order valence-corrected chi connectivity index (χ4v) is 2.40. The third-order valence-electron chi connectivity index (χ3n) is 2.94. The Labute approximate surface area is 122 Å². The molecule has 0 radical (unpaired) electrons. The first-order valence-corrected chi connectivity index (χ1v) is 7.47. The molecule has 3 nitrogen and oxygen atoms in total. The Balaban J connectivity index is 2.13. The van der Waals surface area contributed by atoms with Crippen LogP contribution in [0.4, 0.5) is 0 Å². The molecular formula is C16H13N3S. The molecule has 0 aliphatic heterocycles. The lowest BCUT2D eigenvalue weighted by atomic mass is 10.1. The van der Waals surface area contributed by atoms with Gasteiger partial charge in [-0.1, -0.05) is 6.07 Å². The molecule has 0 aliphatic carbocycles. The van der Waals surface area contributed by atoms with Crippen LogP contribution in [-0.2, 0) is 0 Å². The smallest absolute Gasteiger partial charge is 0.0904 e. The van der Waals surface area contributed by atoms with Crippen molar-refractivity contribution in [1.82, 2.24) is 15.0 Å². The van der Waals surface area contributed by atoms with Gasteiger partial charge in [0, 0.05) is 29.0 Å². The van der Waals surface area contributed by atoms with Crippen molar-refractivity contribution in [2.75, 3.05) is 6.26 Å². The topological polar surface area (TPSA) is 38.7 Å². The molecule has 3 rings (SSSR count). The Kier molecular flexibility index (Phi) is 3.74. The van der Waals surface area contributed by atoms with Gasteiger partial charge < -0.3 is 0 Å². The minimum absolute atomic E-state index is 0.888. The molecule has 0 saturated carbocycles. The normalized spacial score (nSPS) is 10.4. The molecule has 0 fully saturated rings. The van der Waals surface area contributed by atoms with Crippen LogP contribution >= 0.6 is 11.8 Å². The van der Waals surface area contributed by atoms with E-state index in [2.05, 4.69) is 28.4 Å². The van der Waals surface area contributed by atoms with Crippen molar-refractivity contribution in [1.29, 1.82) is 0 Å². The van der Waals surface area contributed by atoms with E-state index < -0.39 is 0 Å². The van der Waals surface area contributed by atoms with E-state index in [1.165, 1.54) is 4.90 Å². The zero-order chi connectivity index (χ0) is 13.8. The molecule has 3 aromatic heterocycles. The molecule has 98 valence electrons. The quantitative estimate of drug-likeness (QED) is 0.681. The monoisotopic (exact) mass is 279 g/mol. The Morgan fingerprint density at radius 1 is 0.850 bits per heavy atom. The zero-order valence-electron chi connectivity index (χ0n) is 11.0. The highest BCUT2D eigenvalue weighted by atomic mass is 32.2. The maximum absolute atomic E-state index is 4.72. The largest absolute Gasteiger partial charge is 0.265 e. The summed E-state index contributed by atoms with van der Waals surface area (Å²) in [6.45, 7) is 0. The first kappa shape index (κ1) is 12.8. The number of rotatable bonds is 3. The molecule has 4 heteroatoms. The van der Waals surface area contributed by atoms with Crippen molar-refractivity contribution in [2.24, 2.45) is 0 Å². The minimum Gasteiger partial charge on any atom is -0.265 e. The van der Waals surface area contributed by atoms with Gasteiger partial charge in [0.25, 0.3) is 0 Å². The van der Waals surface area contributed by atoms with Crippen molar-refractivity contribution in [2.45, 2.75) is 4.90 Å². The van der Waals surface area contributed by atoms with E-state index in [0.717, 1.165) is 22.6 Å². The summed E-state index contributed by atoms with van der Waals surface area (Å²) in [6.07, 6.45) is 7.41. The average molecular weight is 279 g/mol. The summed E-state index contributed by atoms with van der Waals surface area (Å²) in [5, 5.41) is 0. The van der Waals surface area contributed by atoms with Crippen LogP contribution in [0.15, 0.2) is 66.0 Å². The summed E-state index contributed by atoms with van der Waals surface area (Å²) in [4.78, 5) is 14.3. The van der Waals surface area contributed by atoms with E-state index in [4.69, 9.17) is 4.98 Å². The molecule has 0 spiro atoms. The summed E-state index contributed by atoms with van der Waals surface area (Å²) in [5.74, 6) is 0. The minimum atomic E-state index is 0.888. The van der Waals surface area contributed by atoms with Crippen molar-refractivity contribution < 1.29 is 0 Å². The van der Waals surface area contributed by atoms with Crippen LogP contribution in [0.5, 0.6) is 0 Å². The highest BCUT2D eigenvalue weighted by Gasteiger charge is 2.07. The molecule has 20 heavy (non-hydrogen) atoms. The second kappa shape index (κ2) is 5.84. The summed E-state index contributed by atoms with van der Waals surface area (Å²) < 4.78 is 0. The lowest BCUT2D eigenvalue weighted by Gasteiger charge is -2.07. The van der Waals surface area contributed by atoms with E-state index in [9.17, 15) is 0 Å². The van der Waals surface area contributed by atoms with Gasteiger partial charge in [-0.25, -0.2) is 4.98 Å². The van der Waals surface area contributed by atoms with Gasteiger partial charge in [0.15, 0.2) is 0 Å². The molecule has 0 unspecified atom stereocenters. The fourth-order valence-electron chi connectivity index (χ4n) is 1.94. The van der Waals surface area contributed by atoms with E-state index >= 15 is 0 Å². The molecule has 3 heterocycles. The van der Waals surface area contributed by atoms with Gasteiger partial charge in [0.2, 0.25) is 0 Å². The fraction of sp³-hybridized carbons (Fsp3) is 0.0625. The van der Waals surface area contributed by atoms with Gasteiger partial charge in [-0.3, -0.25) is 9.97 Å². The highest BCUT2D eigenvalue weighted by molar-refractivity contribution is 7.98. The summed E-state index contributed by atoms with van der Waals surface area (Å²) >= 11 is 1.70. The number of pyridine rings is 3. The van der Waals surface area contributed by atoms with Gasteiger partial charge >= 0.3 is 0 Å². The molecule has 0 saturated heterocycles. The first-order chi connectivity index (χ1) is 9.86. The van der Waals surface area contributed by atoms with Crippen LogP contribution in [0.3, 0.4) is 0 Å². The van der Waals surface area contributed by atoms with Crippen LogP contribution < -0.4 is 0 Å². The van der Waals surface area contributed by atoms with Crippen molar-refractivity contribution in [3.63, 3.8) is 0 Å². The van der Waals surface area contributed by atoms with E-state index in [0.29, 0.717) is 0 Å². The Bertz CT molecular complexity index is 642. The SMILES string of the molecule is CSc1cc(-c2ccncc2)nc(-c2ccccn2)c1. The van der Waals surface area contributed by atoms with Gasteiger partial charge in [-0.05, 0) is 42.7 Å². The molecule has 0 amide bonds. The van der Waals surface area contributed by atoms with Gasteiger partial charge in [-0.15, -0.1) is 11.8 Å². The molecule has 3 aromatic rings. The second-order valence-corrected chi connectivity index (χ2v) is 5.11. The standard InChI is InChI=1S/C16H13N3S/c1-20-13-10-15(12-5-8-17-9-6-12)19-16(11-13)14-4-2-3-7-18-14/h2-11H,1H3. The van der Waals surface area contributed by atoms with Crippen LogP contribution in [0.2, 0.25) is 0 Å². The van der Waals surface area contributed by atoms with E-state index in [1.54, 1.807) is 30.4 Å². The molecule has 0 N–H and O–H groups in total. The Hall–Kier alpha value is -2.20. The van der Waals surface area contributed by atoms with Gasteiger partial charge in [-0.2, -0.15) is 0 Å². The van der Waals surface area contributed by atoms with Crippen molar-refractivity contribution >= 4 is 11.8 Å². The third-order valence-corrected chi connectivity index (χ3v) is 3.65. The number of hydrogen-bond acceptors (Lipinski definition) is 4. The predicted octanol–water partition coefficient (Wildman–Crippen LogP) is 3.93. The second-order valence-electron chi connectivity index (χ2n) is 4.23. The number of aromatic nitrogens is 3. The molecular weight excluding hydrogens is 266 g/mol. The molecule has 0 aliphatic rings. The van der Waals surface area contributed by atoms with Crippen LogP contribution in [0.25, 0.3) is 22.6 Å². The Morgan fingerprint density at radius 2 is 1.65 bits per heavy atom. The first-order valence-electron chi connectivity index (χ1n) is 6.25. The average Bonchev–Trinajstić information content (AvgIpc) is 2.56. The van der Waals surface area contributed by atoms with E-state index in [1.807, 2.05) is 30.3 Å². The predicted molar refractivity (Wildman–Crippen MR) is 82.5 cm³/mol. The zero-order valence-corrected chi connectivity index (χ0v) is 11.8. The third kappa shape index (κ3) is 2.70. The Morgan fingerprint density at radius 3 is 2.35 bits per heavy atom. The van der Waals surface area contributed by atoms with Crippen molar-refractivity contribution in [3.8, 4) is 22.6 Å². The lowest BCUT2D eigenvalue weighted by molar-refractivity contribution is 1.21. The summed E-state index contributed by atoms with van der Waals surface area (Å²) in [7, 11) is 0. The van der Waals surface area contributed by atoms with Crippen molar-refractivity contribution in [3.05, 3.63) is 61.1 Å². The van der Waals surface area contributed by atoms with Crippen LogP contribution in [-0.4, -0.2) is 21.2 Å². The molecule has 0 aromatic carbocycles. The molecule has 0 bridgehead atoms. The van der Waals surface area contributed by atoms with Crippen LogP contribution in [0, 0.1) is 0 Å². The lowest BCUT2D eigenvalue weighted by Crippen LogP contribution is -1.91. The molecule has 0 atom stereocenters. The highest BCUT2D eigenvalue weighted by Crippen LogP contribution is 2.27. The maximum Gasteiger partial charge on any atom is 0.0904 e. The summed E-state index contributed by atoms with van der Waals surface area (Å²) in [5.41, 5.74) is 3.79. The van der Waals surface area contributed by atoms with Gasteiger partial charge in [0.1, 0.15) is 0 Å². The number of hydrogen-bond donors (Lipinski definition) is 0. The van der Waals surface area contributed by atoms with E-state index in [-0.39, 0.29) is 0 Å². The maximum atomic E-state index is 4.72. The van der Waals surface area contributed by atoms with Crippen LogP contribution in [0.1, 0.15) is 0 Å². The van der Waals surface area contributed by atoms with Gasteiger partial charge in [0.05, 0.1) is 17.1 Å². The summed E-state index contributed by atoms with van der Waals surface area (Å²) in [6, 6.07) is 13.9. The number of thioether (sulfide) groups is 1.